The predicted octanol–water partition coefficient (Wildman–Crippen LogP) is 2.48. The lowest BCUT2D eigenvalue weighted by atomic mass is 10.1. The van der Waals surface area contributed by atoms with Gasteiger partial charge in [-0.3, -0.25) is 4.99 Å². The summed E-state index contributed by atoms with van der Waals surface area (Å²) in [4.78, 5) is 4.23. The zero-order chi connectivity index (χ0) is 9.68. The second kappa shape index (κ2) is 4.65. The van der Waals surface area contributed by atoms with E-state index in [2.05, 4.69) is 29.4 Å². The third-order valence-corrected chi connectivity index (χ3v) is 2.06. The quantitative estimate of drug-likeness (QED) is 0.703. The van der Waals surface area contributed by atoms with Crippen LogP contribution in [0.15, 0.2) is 23.2 Å². The van der Waals surface area contributed by atoms with Crippen molar-refractivity contribution in [2.75, 3.05) is 18.9 Å². The standard InChI is InChI=1S/C11H16N2/c1-4-13-8-10-6-5-7-11(12-3)9(10)2/h5-8,12H,4H2,1-3H3. The maximum absolute atomic E-state index is 4.23. The van der Waals surface area contributed by atoms with Crippen LogP contribution in [-0.4, -0.2) is 19.8 Å². The fourth-order valence-corrected chi connectivity index (χ4v) is 1.25. The molecule has 1 rings (SSSR count). The van der Waals surface area contributed by atoms with Gasteiger partial charge in [-0.05, 0) is 31.0 Å². The fourth-order valence-electron chi connectivity index (χ4n) is 1.25. The second-order valence-corrected chi connectivity index (χ2v) is 2.90. The van der Waals surface area contributed by atoms with E-state index >= 15 is 0 Å². The molecule has 0 saturated heterocycles. The van der Waals surface area contributed by atoms with Gasteiger partial charge in [-0.25, -0.2) is 0 Å². The van der Waals surface area contributed by atoms with E-state index in [-0.39, 0.29) is 0 Å². The van der Waals surface area contributed by atoms with Crippen molar-refractivity contribution in [3.63, 3.8) is 0 Å². The number of nitrogens with zero attached hydrogens (tertiary/aromatic N) is 1. The summed E-state index contributed by atoms with van der Waals surface area (Å²) in [5, 5.41) is 3.15. The Kier molecular flexibility index (Phi) is 3.50. The molecule has 0 aromatic heterocycles. The van der Waals surface area contributed by atoms with Crippen molar-refractivity contribution in [3.8, 4) is 0 Å². The van der Waals surface area contributed by atoms with Gasteiger partial charge in [-0.15, -0.1) is 0 Å². The Hall–Kier alpha value is -1.31. The molecule has 0 saturated carbocycles. The third-order valence-electron chi connectivity index (χ3n) is 2.06. The molecule has 0 aliphatic rings. The first-order chi connectivity index (χ1) is 6.29. The molecule has 0 amide bonds. The number of anilines is 1. The molecule has 0 unspecified atom stereocenters. The van der Waals surface area contributed by atoms with Crippen molar-refractivity contribution in [2.24, 2.45) is 4.99 Å². The highest BCUT2D eigenvalue weighted by Gasteiger charge is 1.98. The third kappa shape index (κ3) is 2.31. The van der Waals surface area contributed by atoms with Gasteiger partial charge in [0.05, 0.1) is 0 Å². The molecule has 0 radical (unpaired) electrons. The summed E-state index contributed by atoms with van der Waals surface area (Å²) in [6.07, 6.45) is 1.93. The van der Waals surface area contributed by atoms with Crippen LogP contribution < -0.4 is 5.32 Å². The lowest BCUT2D eigenvalue weighted by molar-refractivity contribution is 1.14. The molecular formula is C11H16N2. The zero-order valence-electron chi connectivity index (χ0n) is 8.46. The predicted molar refractivity (Wildman–Crippen MR) is 58.9 cm³/mol. The number of rotatable bonds is 3. The van der Waals surface area contributed by atoms with E-state index in [0.29, 0.717) is 0 Å². The van der Waals surface area contributed by atoms with Gasteiger partial charge in [-0.1, -0.05) is 12.1 Å². The molecule has 0 atom stereocenters. The van der Waals surface area contributed by atoms with Crippen LogP contribution in [0.2, 0.25) is 0 Å². The van der Waals surface area contributed by atoms with E-state index in [1.165, 1.54) is 16.8 Å². The first-order valence-corrected chi connectivity index (χ1v) is 4.56. The molecule has 1 N–H and O–H groups in total. The number of hydrogen-bond acceptors (Lipinski definition) is 2. The second-order valence-electron chi connectivity index (χ2n) is 2.90. The Balaban J connectivity index is 3.01. The number of nitrogens with one attached hydrogen (secondary N) is 1. The molecule has 0 spiro atoms. The molecule has 0 aliphatic heterocycles. The van der Waals surface area contributed by atoms with Gasteiger partial charge in [0.15, 0.2) is 0 Å². The Morgan fingerprint density at radius 3 is 2.85 bits per heavy atom. The molecule has 0 bridgehead atoms. The smallest absolute Gasteiger partial charge is 0.0373 e. The number of hydrogen-bond donors (Lipinski definition) is 1. The average Bonchev–Trinajstić information content (AvgIpc) is 2.16. The molecule has 13 heavy (non-hydrogen) atoms. The maximum atomic E-state index is 4.23. The molecular weight excluding hydrogens is 160 g/mol. The van der Waals surface area contributed by atoms with Crippen LogP contribution >= 0.6 is 0 Å². The summed E-state index contributed by atoms with van der Waals surface area (Å²) >= 11 is 0. The minimum Gasteiger partial charge on any atom is -0.388 e. The first kappa shape index (κ1) is 9.78. The first-order valence-electron chi connectivity index (χ1n) is 4.56. The van der Waals surface area contributed by atoms with Crippen molar-refractivity contribution in [3.05, 3.63) is 29.3 Å². The van der Waals surface area contributed by atoms with E-state index in [1.807, 2.05) is 26.3 Å². The molecule has 1 aromatic rings. The fraction of sp³-hybridized carbons (Fsp3) is 0.364. The Morgan fingerprint density at radius 1 is 1.46 bits per heavy atom. The van der Waals surface area contributed by atoms with Gasteiger partial charge in [-0.2, -0.15) is 0 Å². The Morgan fingerprint density at radius 2 is 2.23 bits per heavy atom. The molecule has 0 fully saturated rings. The van der Waals surface area contributed by atoms with Crippen LogP contribution in [0.5, 0.6) is 0 Å². The molecule has 1 aromatic carbocycles. The number of aliphatic imine (C=N–C) groups is 1. The van der Waals surface area contributed by atoms with Crippen LogP contribution in [0, 0.1) is 6.92 Å². The van der Waals surface area contributed by atoms with Crippen LogP contribution in [-0.2, 0) is 0 Å². The Bertz CT molecular complexity index is 303. The van der Waals surface area contributed by atoms with Gasteiger partial charge >= 0.3 is 0 Å². The average molecular weight is 176 g/mol. The van der Waals surface area contributed by atoms with Gasteiger partial charge in [0.25, 0.3) is 0 Å². The van der Waals surface area contributed by atoms with Crippen LogP contribution in [0.25, 0.3) is 0 Å². The highest BCUT2D eigenvalue weighted by molar-refractivity contribution is 5.84. The lowest BCUT2D eigenvalue weighted by Crippen LogP contribution is -1.95. The number of benzene rings is 1. The minimum atomic E-state index is 0.837. The van der Waals surface area contributed by atoms with Gasteiger partial charge in [0.2, 0.25) is 0 Å². The van der Waals surface area contributed by atoms with Crippen molar-refractivity contribution < 1.29 is 0 Å². The van der Waals surface area contributed by atoms with Crippen LogP contribution in [0.1, 0.15) is 18.1 Å². The summed E-state index contributed by atoms with van der Waals surface area (Å²) < 4.78 is 0. The SMILES string of the molecule is CCN=Cc1cccc(NC)c1C. The van der Waals surface area contributed by atoms with E-state index in [4.69, 9.17) is 0 Å². The topological polar surface area (TPSA) is 24.4 Å². The van der Waals surface area contributed by atoms with Crippen molar-refractivity contribution in [1.29, 1.82) is 0 Å². The largest absolute Gasteiger partial charge is 0.388 e. The summed E-state index contributed by atoms with van der Waals surface area (Å²) in [6, 6.07) is 6.18. The highest BCUT2D eigenvalue weighted by Crippen LogP contribution is 2.16. The zero-order valence-corrected chi connectivity index (χ0v) is 8.46. The van der Waals surface area contributed by atoms with Gasteiger partial charge < -0.3 is 5.32 Å². The monoisotopic (exact) mass is 176 g/mol. The van der Waals surface area contributed by atoms with E-state index in [0.717, 1.165) is 6.54 Å². The minimum absolute atomic E-state index is 0.837. The Labute approximate surface area is 79.7 Å². The molecule has 2 heteroatoms. The van der Waals surface area contributed by atoms with E-state index in [9.17, 15) is 0 Å². The molecule has 0 heterocycles. The van der Waals surface area contributed by atoms with Crippen molar-refractivity contribution in [1.82, 2.24) is 0 Å². The summed E-state index contributed by atoms with van der Waals surface area (Å²) in [6.45, 7) is 4.97. The normalized spacial score (nSPS) is 10.7. The van der Waals surface area contributed by atoms with Crippen LogP contribution in [0.4, 0.5) is 5.69 Å². The molecule has 0 aliphatic carbocycles. The summed E-state index contributed by atoms with van der Waals surface area (Å²) in [5.74, 6) is 0. The van der Waals surface area contributed by atoms with Crippen molar-refractivity contribution in [2.45, 2.75) is 13.8 Å². The molecule has 2 nitrogen and oxygen atoms in total. The van der Waals surface area contributed by atoms with Gasteiger partial charge in [0, 0.05) is 25.5 Å². The van der Waals surface area contributed by atoms with Gasteiger partial charge in [0.1, 0.15) is 0 Å². The highest BCUT2D eigenvalue weighted by atomic mass is 14.8. The van der Waals surface area contributed by atoms with E-state index < -0.39 is 0 Å². The van der Waals surface area contributed by atoms with Crippen molar-refractivity contribution >= 4 is 11.9 Å². The summed E-state index contributed by atoms with van der Waals surface area (Å²) in [5.41, 5.74) is 3.61. The van der Waals surface area contributed by atoms with E-state index in [1.54, 1.807) is 0 Å². The lowest BCUT2D eigenvalue weighted by Gasteiger charge is -2.06. The molecule has 70 valence electrons. The summed E-state index contributed by atoms with van der Waals surface area (Å²) in [7, 11) is 1.93. The maximum Gasteiger partial charge on any atom is 0.0373 e. The van der Waals surface area contributed by atoms with Crippen LogP contribution in [0.3, 0.4) is 0 Å².